The van der Waals surface area contributed by atoms with Crippen LogP contribution in [0, 0.1) is 0 Å². The zero-order valence-electron chi connectivity index (χ0n) is 12.2. The molecule has 1 saturated heterocycles. The van der Waals surface area contributed by atoms with Gasteiger partial charge < -0.3 is 5.73 Å². The Morgan fingerprint density at radius 2 is 2.24 bits per heavy atom. The maximum Gasteiger partial charge on any atom is 0.231 e. The molecule has 0 saturated carbocycles. The van der Waals surface area contributed by atoms with Gasteiger partial charge in [-0.05, 0) is 18.7 Å². The molecule has 1 unspecified atom stereocenters. The molecule has 112 valence electrons. The number of para-hydroxylation sites is 1. The lowest BCUT2D eigenvalue weighted by Crippen LogP contribution is -2.50. The number of aromatic nitrogens is 1. The van der Waals surface area contributed by atoms with Crippen LogP contribution >= 0.6 is 11.3 Å². The number of likely N-dealkylation sites (N-methyl/N-ethyl adjacent to an activating group) is 1. The quantitative estimate of drug-likeness (QED) is 0.929. The Hall–Kier alpha value is -1.50. The van der Waals surface area contributed by atoms with E-state index >= 15 is 0 Å². The summed E-state index contributed by atoms with van der Waals surface area (Å²) >= 11 is 1.75. The third-order valence-electron chi connectivity index (χ3n) is 3.96. The summed E-state index contributed by atoms with van der Waals surface area (Å²) in [6, 6.07) is 8.47. The third kappa shape index (κ3) is 3.07. The van der Waals surface area contributed by atoms with Crippen molar-refractivity contribution in [1.29, 1.82) is 0 Å². The molecule has 1 fully saturated rings. The van der Waals surface area contributed by atoms with Crippen molar-refractivity contribution in [2.24, 2.45) is 5.73 Å². The maximum absolute atomic E-state index is 11.2. The highest BCUT2D eigenvalue weighted by molar-refractivity contribution is 7.18. The predicted octanol–water partition coefficient (Wildman–Crippen LogP) is 1.46. The van der Waals surface area contributed by atoms with Crippen molar-refractivity contribution < 1.29 is 4.79 Å². The normalized spacial score (nSPS) is 20.9. The Morgan fingerprint density at radius 1 is 1.43 bits per heavy atom. The van der Waals surface area contributed by atoms with Gasteiger partial charge in [-0.25, -0.2) is 4.98 Å². The van der Waals surface area contributed by atoms with E-state index in [9.17, 15) is 4.79 Å². The average Bonchev–Trinajstić information content (AvgIpc) is 2.90. The number of fused-ring (bicyclic) bond motifs is 1. The van der Waals surface area contributed by atoms with Crippen LogP contribution in [-0.2, 0) is 4.79 Å². The van der Waals surface area contributed by atoms with Gasteiger partial charge in [-0.1, -0.05) is 19.1 Å². The van der Waals surface area contributed by atoms with E-state index in [0.717, 1.165) is 36.7 Å². The fourth-order valence-electron chi connectivity index (χ4n) is 2.89. The molecule has 0 aliphatic carbocycles. The number of piperazine rings is 1. The van der Waals surface area contributed by atoms with Crippen LogP contribution in [0.5, 0.6) is 0 Å². The Bertz CT molecular complexity index is 608. The van der Waals surface area contributed by atoms with Crippen molar-refractivity contribution in [2.75, 3.05) is 32.7 Å². The molecule has 1 aliphatic heterocycles. The topological polar surface area (TPSA) is 62.5 Å². The highest BCUT2D eigenvalue weighted by atomic mass is 32.1. The summed E-state index contributed by atoms with van der Waals surface area (Å²) in [7, 11) is 0. The number of hydrogen-bond acceptors (Lipinski definition) is 5. The second kappa shape index (κ2) is 6.09. The van der Waals surface area contributed by atoms with Gasteiger partial charge in [0.05, 0.1) is 22.8 Å². The van der Waals surface area contributed by atoms with Crippen LogP contribution in [0.2, 0.25) is 0 Å². The number of nitrogens with zero attached hydrogens (tertiary/aromatic N) is 3. The first-order valence-electron chi connectivity index (χ1n) is 7.27. The van der Waals surface area contributed by atoms with Gasteiger partial charge in [-0.2, -0.15) is 0 Å². The molecule has 0 spiro atoms. The molecule has 0 radical (unpaired) electrons. The monoisotopic (exact) mass is 304 g/mol. The largest absolute Gasteiger partial charge is 0.369 e. The number of nitrogens with two attached hydrogens (primary N) is 1. The zero-order valence-corrected chi connectivity index (χ0v) is 13.0. The fourth-order valence-corrected chi connectivity index (χ4v) is 3.98. The van der Waals surface area contributed by atoms with Gasteiger partial charge in [-0.15, -0.1) is 11.3 Å². The lowest BCUT2D eigenvalue weighted by Gasteiger charge is -2.39. The molecule has 2 N–H and O–H groups in total. The fraction of sp³-hybridized carbons (Fsp3) is 0.467. The van der Waals surface area contributed by atoms with E-state index in [2.05, 4.69) is 28.9 Å². The SMILES string of the molecule is CCN1CCN(CC(N)=O)CC1c1nc2ccccc2s1. The summed E-state index contributed by atoms with van der Waals surface area (Å²) in [4.78, 5) is 20.5. The summed E-state index contributed by atoms with van der Waals surface area (Å²) in [5.74, 6) is -0.261. The Morgan fingerprint density at radius 3 is 2.95 bits per heavy atom. The van der Waals surface area contributed by atoms with Gasteiger partial charge in [-0.3, -0.25) is 14.6 Å². The number of primary amides is 1. The highest BCUT2D eigenvalue weighted by Gasteiger charge is 2.30. The van der Waals surface area contributed by atoms with Gasteiger partial charge in [0.15, 0.2) is 0 Å². The van der Waals surface area contributed by atoms with E-state index < -0.39 is 0 Å². The Labute approximate surface area is 128 Å². The van der Waals surface area contributed by atoms with Gasteiger partial charge in [0.2, 0.25) is 5.91 Å². The van der Waals surface area contributed by atoms with Crippen LogP contribution in [0.3, 0.4) is 0 Å². The van der Waals surface area contributed by atoms with E-state index in [1.165, 1.54) is 4.70 Å². The van der Waals surface area contributed by atoms with E-state index in [-0.39, 0.29) is 11.9 Å². The molecule has 21 heavy (non-hydrogen) atoms. The number of rotatable bonds is 4. The van der Waals surface area contributed by atoms with Crippen LogP contribution < -0.4 is 5.73 Å². The number of hydrogen-bond donors (Lipinski definition) is 1. The van der Waals surface area contributed by atoms with Gasteiger partial charge in [0.25, 0.3) is 0 Å². The average molecular weight is 304 g/mol. The summed E-state index contributed by atoms with van der Waals surface area (Å²) in [5.41, 5.74) is 6.38. The molecule has 2 aromatic rings. The van der Waals surface area contributed by atoms with Crippen molar-refractivity contribution in [1.82, 2.24) is 14.8 Å². The van der Waals surface area contributed by atoms with Gasteiger partial charge in [0, 0.05) is 19.6 Å². The molecule has 1 amide bonds. The highest BCUT2D eigenvalue weighted by Crippen LogP contribution is 2.31. The van der Waals surface area contributed by atoms with E-state index in [0.29, 0.717) is 6.54 Å². The number of carbonyl (C=O) groups excluding carboxylic acids is 1. The minimum Gasteiger partial charge on any atom is -0.369 e. The Balaban J connectivity index is 1.86. The molecule has 1 aromatic heterocycles. The predicted molar refractivity (Wildman–Crippen MR) is 85.2 cm³/mol. The number of benzene rings is 1. The number of amides is 1. The van der Waals surface area contributed by atoms with Crippen LogP contribution in [0.1, 0.15) is 18.0 Å². The molecule has 1 aromatic carbocycles. The molecule has 6 heteroatoms. The number of carbonyl (C=O) groups is 1. The van der Waals surface area contributed by atoms with Gasteiger partial charge >= 0.3 is 0 Å². The summed E-state index contributed by atoms with van der Waals surface area (Å²) in [6.07, 6.45) is 0. The van der Waals surface area contributed by atoms with Crippen molar-refractivity contribution in [3.05, 3.63) is 29.3 Å². The first-order valence-corrected chi connectivity index (χ1v) is 8.09. The van der Waals surface area contributed by atoms with Crippen molar-refractivity contribution in [3.63, 3.8) is 0 Å². The minimum atomic E-state index is -0.261. The van der Waals surface area contributed by atoms with Crippen molar-refractivity contribution in [3.8, 4) is 0 Å². The minimum absolute atomic E-state index is 0.250. The Kier molecular flexibility index (Phi) is 4.19. The lowest BCUT2D eigenvalue weighted by molar-refractivity contribution is -0.119. The lowest BCUT2D eigenvalue weighted by atomic mass is 10.1. The molecule has 1 aliphatic rings. The second-order valence-corrected chi connectivity index (χ2v) is 6.43. The molecule has 5 nitrogen and oxygen atoms in total. The van der Waals surface area contributed by atoms with E-state index in [1.54, 1.807) is 11.3 Å². The smallest absolute Gasteiger partial charge is 0.231 e. The van der Waals surface area contributed by atoms with Crippen molar-refractivity contribution >= 4 is 27.5 Å². The van der Waals surface area contributed by atoms with Crippen LogP contribution in [0.25, 0.3) is 10.2 Å². The first-order chi connectivity index (χ1) is 10.2. The third-order valence-corrected chi connectivity index (χ3v) is 5.09. The van der Waals surface area contributed by atoms with Crippen LogP contribution in [-0.4, -0.2) is 53.4 Å². The second-order valence-electron chi connectivity index (χ2n) is 5.37. The molecular formula is C15H20N4OS. The summed E-state index contributed by atoms with van der Waals surface area (Å²) in [6.45, 7) is 6.15. The summed E-state index contributed by atoms with van der Waals surface area (Å²) in [5, 5.41) is 1.13. The zero-order chi connectivity index (χ0) is 14.8. The molecule has 0 bridgehead atoms. The first kappa shape index (κ1) is 14.4. The van der Waals surface area contributed by atoms with E-state index in [1.807, 2.05) is 12.1 Å². The number of thiazole rings is 1. The van der Waals surface area contributed by atoms with E-state index in [4.69, 9.17) is 10.7 Å². The molecular weight excluding hydrogens is 284 g/mol. The molecule has 2 heterocycles. The van der Waals surface area contributed by atoms with Crippen molar-refractivity contribution in [2.45, 2.75) is 13.0 Å². The summed E-state index contributed by atoms with van der Waals surface area (Å²) < 4.78 is 1.22. The van der Waals surface area contributed by atoms with Gasteiger partial charge in [0.1, 0.15) is 5.01 Å². The standard InChI is InChI=1S/C15H20N4OS/c1-2-19-8-7-18(10-14(16)20)9-12(19)15-17-11-5-3-4-6-13(11)21-15/h3-6,12H,2,7-10H2,1H3,(H2,16,20). The molecule has 3 rings (SSSR count). The molecule has 1 atom stereocenters. The maximum atomic E-state index is 11.2. The van der Waals surface area contributed by atoms with Crippen LogP contribution in [0.15, 0.2) is 24.3 Å². The van der Waals surface area contributed by atoms with Crippen LogP contribution in [0.4, 0.5) is 0 Å².